The highest BCUT2D eigenvalue weighted by Gasteiger charge is 2.12. The minimum Gasteiger partial charge on any atom is -0.378 e. The van der Waals surface area contributed by atoms with Crippen LogP contribution in [0.3, 0.4) is 0 Å². The molecule has 5 nitrogen and oxygen atoms in total. The fourth-order valence-electron chi connectivity index (χ4n) is 3.66. The molecule has 3 aromatic rings. The van der Waals surface area contributed by atoms with Crippen LogP contribution in [0.1, 0.15) is 16.7 Å². The van der Waals surface area contributed by atoms with E-state index in [0.29, 0.717) is 6.42 Å². The maximum absolute atomic E-state index is 12.3. The molecule has 1 heterocycles. The van der Waals surface area contributed by atoms with Gasteiger partial charge in [0.1, 0.15) is 0 Å². The van der Waals surface area contributed by atoms with Crippen molar-refractivity contribution in [3.05, 3.63) is 77.4 Å². The standard InChI is InChI=1S/C24H25N3O2/c1-18-15-22(27-11-13-29-14-12-27)10-9-21(18)17-25-26-24(28)16-20-7-4-6-19-5-2-3-8-23(19)20/h2-10,15,17H,11-14,16H2,1H3,(H,26,28)/b25-17-. The Bertz CT molecular complexity index is 1030. The summed E-state index contributed by atoms with van der Waals surface area (Å²) < 4.78 is 5.41. The number of nitrogens with one attached hydrogen (secondary N) is 1. The highest BCUT2D eigenvalue weighted by Crippen LogP contribution is 2.20. The van der Waals surface area contributed by atoms with Gasteiger partial charge in [0.05, 0.1) is 25.8 Å². The van der Waals surface area contributed by atoms with Gasteiger partial charge < -0.3 is 9.64 Å². The molecule has 1 saturated heterocycles. The fourth-order valence-corrected chi connectivity index (χ4v) is 3.66. The average molecular weight is 387 g/mol. The molecular weight excluding hydrogens is 362 g/mol. The number of amides is 1. The largest absolute Gasteiger partial charge is 0.378 e. The molecule has 0 radical (unpaired) electrons. The molecule has 0 atom stereocenters. The number of rotatable bonds is 5. The molecule has 1 N–H and O–H groups in total. The molecule has 1 aliphatic rings. The molecule has 1 amide bonds. The van der Waals surface area contributed by atoms with E-state index in [4.69, 9.17) is 4.74 Å². The van der Waals surface area contributed by atoms with Crippen LogP contribution in [0.25, 0.3) is 10.8 Å². The van der Waals surface area contributed by atoms with Crippen molar-refractivity contribution >= 4 is 28.6 Å². The van der Waals surface area contributed by atoms with Crippen LogP contribution in [-0.2, 0) is 16.0 Å². The van der Waals surface area contributed by atoms with Crippen LogP contribution in [-0.4, -0.2) is 38.4 Å². The van der Waals surface area contributed by atoms with Crippen LogP contribution in [0.2, 0.25) is 0 Å². The summed E-state index contributed by atoms with van der Waals surface area (Å²) in [6.45, 7) is 5.42. The molecular formula is C24H25N3O2. The van der Waals surface area contributed by atoms with Crippen molar-refractivity contribution in [2.45, 2.75) is 13.3 Å². The first-order valence-electron chi connectivity index (χ1n) is 9.92. The zero-order valence-electron chi connectivity index (χ0n) is 16.6. The Balaban J connectivity index is 1.38. The number of hydrogen-bond donors (Lipinski definition) is 1. The number of carbonyl (C=O) groups is 1. The zero-order valence-corrected chi connectivity index (χ0v) is 16.6. The third-order valence-electron chi connectivity index (χ3n) is 5.25. The Hall–Kier alpha value is -3.18. The highest BCUT2D eigenvalue weighted by atomic mass is 16.5. The lowest BCUT2D eigenvalue weighted by Crippen LogP contribution is -2.36. The maximum Gasteiger partial charge on any atom is 0.244 e. The minimum absolute atomic E-state index is 0.125. The van der Waals surface area contributed by atoms with E-state index in [1.165, 1.54) is 5.69 Å². The van der Waals surface area contributed by atoms with E-state index < -0.39 is 0 Å². The molecule has 148 valence electrons. The summed E-state index contributed by atoms with van der Waals surface area (Å²) in [6.07, 6.45) is 2.01. The number of benzene rings is 3. The summed E-state index contributed by atoms with van der Waals surface area (Å²) in [4.78, 5) is 14.7. The molecule has 0 aliphatic carbocycles. The van der Waals surface area contributed by atoms with Crippen molar-refractivity contribution in [1.29, 1.82) is 0 Å². The number of hydrogen-bond acceptors (Lipinski definition) is 4. The number of fused-ring (bicyclic) bond motifs is 1. The Morgan fingerprint density at radius 3 is 2.72 bits per heavy atom. The highest BCUT2D eigenvalue weighted by molar-refractivity contribution is 5.91. The topological polar surface area (TPSA) is 53.9 Å². The molecule has 3 aromatic carbocycles. The first kappa shape index (κ1) is 19.2. The van der Waals surface area contributed by atoms with E-state index in [-0.39, 0.29) is 5.91 Å². The van der Waals surface area contributed by atoms with Gasteiger partial charge in [-0.1, -0.05) is 48.5 Å². The normalized spacial score (nSPS) is 14.4. The minimum atomic E-state index is -0.125. The molecule has 4 rings (SSSR count). The summed E-state index contributed by atoms with van der Waals surface area (Å²) in [5.41, 5.74) is 6.97. The summed E-state index contributed by atoms with van der Waals surface area (Å²) in [5.74, 6) is -0.125. The Labute approximate surface area is 171 Å². The lowest BCUT2D eigenvalue weighted by Gasteiger charge is -2.29. The van der Waals surface area contributed by atoms with E-state index in [0.717, 1.165) is 53.8 Å². The average Bonchev–Trinajstić information content (AvgIpc) is 2.76. The molecule has 0 bridgehead atoms. The predicted octanol–water partition coefficient (Wildman–Crippen LogP) is 3.68. The number of morpholine rings is 1. The van der Waals surface area contributed by atoms with Crippen molar-refractivity contribution in [3.8, 4) is 0 Å². The molecule has 29 heavy (non-hydrogen) atoms. The Kier molecular flexibility index (Phi) is 5.86. The molecule has 5 heteroatoms. The third kappa shape index (κ3) is 4.63. The quantitative estimate of drug-likeness (QED) is 0.537. The van der Waals surface area contributed by atoms with Crippen LogP contribution in [0.15, 0.2) is 65.8 Å². The Morgan fingerprint density at radius 1 is 1.10 bits per heavy atom. The first-order chi connectivity index (χ1) is 14.2. The first-order valence-corrected chi connectivity index (χ1v) is 9.92. The second kappa shape index (κ2) is 8.88. The van der Waals surface area contributed by atoms with Gasteiger partial charge in [-0.05, 0) is 46.5 Å². The van der Waals surface area contributed by atoms with E-state index in [9.17, 15) is 4.79 Å². The van der Waals surface area contributed by atoms with Crippen LogP contribution < -0.4 is 10.3 Å². The second-order valence-electron chi connectivity index (χ2n) is 7.25. The number of anilines is 1. The van der Waals surface area contributed by atoms with Crippen LogP contribution >= 0.6 is 0 Å². The van der Waals surface area contributed by atoms with Crippen molar-refractivity contribution in [2.75, 3.05) is 31.2 Å². The van der Waals surface area contributed by atoms with Crippen molar-refractivity contribution < 1.29 is 9.53 Å². The lowest BCUT2D eigenvalue weighted by molar-refractivity contribution is -0.120. The van der Waals surface area contributed by atoms with Crippen LogP contribution in [0, 0.1) is 6.92 Å². The summed E-state index contributed by atoms with van der Waals surface area (Å²) in [7, 11) is 0. The van der Waals surface area contributed by atoms with E-state index in [1.807, 2.05) is 36.4 Å². The van der Waals surface area contributed by atoms with Gasteiger partial charge >= 0.3 is 0 Å². The summed E-state index contributed by atoms with van der Waals surface area (Å²) >= 11 is 0. The molecule has 1 aliphatic heterocycles. The number of hydrazone groups is 1. The zero-order chi connectivity index (χ0) is 20.1. The molecule has 1 fully saturated rings. The van der Waals surface area contributed by atoms with E-state index in [1.54, 1.807) is 6.21 Å². The van der Waals surface area contributed by atoms with Crippen molar-refractivity contribution in [2.24, 2.45) is 5.10 Å². The monoisotopic (exact) mass is 387 g/mol. The molecule has 0 unspecified atom stereocenters. The molecule has 0 aromatic heterocycles. The smallest absolute Gasteiger partial charge is 0.244 e. The van der Waals surface area contributed by atoms with Gasteiger partial charge in [-0.25, -0.2) is 5.43 Å². The van der Waals surface area contributed by atoms with Gasteiger partial charge in [-0.3, -0.25) is 4.79 Å². The van der Waals surface area contributed by atoms with Crippen LogP contribution in [0.4, 0.5) is 5.69 Å². The number of aryl methyl sites for hydroxylation is 1. The third-order valence-corrected chi connectivity index (χ3v) is 5.25. The van der Waals surface area contributed by atoms with Gasteiger partial charge in [0.2, 0.25) is 5.91 Å². The van der Waals surface area contributed by atoms with E-state index >= 15 is 0 Å². The SMILES string of the molecule is Cc1cc(N2CCOCC2)ccc1/C=N\NC(=O)Cc1cccc2ccccc12. The predicted molar refractivity (Wildman–Crippen MR) is 118 cm³/mol. The van der Waals surface area contributed by atoms with Crippen molar-refractivity contribution in [3.63, 3.8) is 0 Å². The summed E-state index contributed by atoms with van der Waals surface area (Å²) in [5, 5.41) is 6.40. The number of nitrogens with zero attached hydrogens (tertiary/aromatic N) is 2. The van der Waals surface area contributed by atoms with Gasteiger partial charge in [0, 0.05) is 18.8 Å². The van der Waals surface area contributed by atoms with Crippen molar-refractivity contribution in [1.82, 2.24) is 5.43 Å². The van der Waals surface area contributed by atoms with Gasteiger partial charge in [-0.15, -0.1) is 0 Å². The van der Waals surface area contributed by atoms with Gasteiger partial charge in [-0.2, -0.15) is 5.10 Å². The number of ether oxygens (including phenoxy) is 1. The lowest BCUT2D eigenvalue weighted by atomic mass is 10.0. The van der Waals surface area contributed by atoms with E-state index in [2.05, 4.69) is 46.6 Å². The summed E-state index contributed by atoms with van der Waals surface area (Å²) in [6, 6.07) is 20.4. The van der Waals surface area contributed by atoms with Gasteiger partial charge in [0.25, 0.3) is 0 Å². The number of carbonyl (C=O) groups excluding carboxylic acids is 1. The fraction of sp³-hybridized carbons (Fsp3) is 0.250. The Morgan fingerprint density at radius 2 is 1.90 bits per heavy atom. The second-order valence-corrected chi connectivity index (χ2v) is 7.25. The van der Waals surface area contributed by atoms with Gasteiger partial charge in [0.15, 0.2) is 0 Å². The molecule has 0 spiro atoms. The molecule has 0 saturated carbocycles. The van der Waals surface area contributed by atoms with Crippen LogP contribution in [0.5, 0.6) is 0 Å². The maximum atomic E-state index is 12.3.